The number of nitrogens with one attached hydrogen (secondary N) is 2. The van der Waals surface area contributed by atoms with Crippen LogP contribution in [0.5, 0.6) is 5.75 Å². The minimum atomic E-state index is 0.508. The molecule has 0 radical (unpaired) electrons. The molecule has 8 heteroatoms. The summed E-state index contributed by atoms with van der Waals surface area (Å²) in [6, 6.07) is 14.2. The summed E-state index contributed by atoms with van der Waals surface area (Å²) in [6.45, 7) is 2.74. The predicted octanol–water partition coefficient (Wildman–Crippen LogP) is 4.42. The average molecular weight is 417 g/mol. The van der Waals surface area contributed by atoms with Crippen LogP contribution in [0.15, 0.2) is 51.9 Å². The monoisotopic (exact) mass is 416 g/mol. The Kier molecular flexibility index (Phi) is 7.03. The van der Waals surface area contributed by atoms with E-state index in [2.05, 4.69) is 33.0 Å². The minimum absolute atomic E-state index is 0.508. The van der Waals surface area contributed by atoms with Crippen molar-refractivity contribution in [3.05, 3.63) is 53.6 Å². The first-order valence-corrected chi connectivity index (χ1v) is 10.6. The number of ether oxygens (including phenoxy) is 1. The Balaban J connectivity index is 1.69. The van der Waals surface area contributed by atoms with E-state index in [0.717, 1.165) is 39.0 Å². The number of thiocarbonyl (C=S) groups is 1. The Labute approximate surface area is 172 Å². The van der Waals surface area contributed by atoms with Gasteiger partial charge in [-0.15, -0.1) is 11.3 Å². The van der Waals surface area contributed by atoms with Crippen LogP contribution in [0.1, 0.15) is 18.1 Å². The maximum Gasteiger partial charge on any atom is 0.186 e. The molecule has 2 aromatic carbocycles. The standard InChI is InChI=1S/C19H20N4OS3/c1-3-20-18(25)23-21-11-13-8-9-16(24-2)14(10-13)12-26-19-22-15-6-4-5-7-17(15)27-19/h4-11H,3,12H2,1-2H3,(H2,20,23,25)/b21-11+. The predicted molar refractivity (Wildman–Crippen MR) is 119 cm³/mol. The van der Waals surface area contributed by atoms with Gasteiger partial charge in [-0.2, -0.15) is 5.10 Å². The molecule has 27 heavy (non-hydrogen) atoms. The molecule has 3 rings (SSSR count). The van der Waals surface area contributed by atoms with Gasteiger partial charge in [0.2, 0.25) is 0 Å². The normalized spacial score (nSPS) is 11.0. The van der Waals surface area contributed by atoms with Crippen molar-refractivity contribution in [1.29, 1.82) is 0 Å². The first kappa shape index (κ1) is 19.6. The van der Waals surface area contributed by atoms with E-state index in [9.17, 15) is 0 Å². The maximum absolute atomic E-state index is 5.50. The van der Waals surface area contributed by atoms with Gasteiger partial charge >= 0.3 is 0 Å². The smallest absolute Gasteiger partial charge is 0.186 e. The van der Waals surface area contributed by atoms with Crippen LogP contribution in [0.3, 0.4) is 0 Å². The molecule has 0 saturated heterocycles. The Morgan fingerprint density at radius 1 is 1.33 bits per heavy atom. The van der Waals surface area contributed by atoms with Gasteiger partial charge in [-0.05, 0) is 55.0 Å². The molecular formula is C19H20N4OS3. The van der Waals surface area contributed by atoms with Crippen LogP contribution in [0.2, 0.25) is 0 Å². The molecule has 3 aromatic rings. The zero-order chi connectivity index (χ0) is 19.1. The van der Waals surface area contributed by atoms with Gasteiger partial charge in [0.05, 0.1) is 23.5 Å². The van der Waals surface area contributed by atoms with Crippen LogP contribution in [0.4, 0.5) is 0 Å². The highest BCUT2D eigenvalue weighted by atomic mass is 32.2. The number of thiazole rings is 1. The second-order valence-corrected chi connectivity index (χ2v) is 8.20. The molecule has 0 atom stereocenters. The van der Waals surface area contributed by atoms with Crippen LogP contribution < -0.4 is 15.5 Å². The van der Waals surface area contributed by atoms with E-state index in [1.54, 1.807) is 36.4 Å². The fourth-order valence-corrected chi connectivity index (χ4v) is 4.65. The molecule has 5 nitrogen and oxygen atoms in total. The summed E-state index contributed by atoms with van der Waals surface area (Å²) in [7, 11) is 1.69. The van der Waals surface area contributed by atoms with Crippen molar-refractivity contribution in [1.82, 2.24) is 15.7 Å². The molecule has 0 unspecified atom stereocenters. The van der Waals surface area contributed by atoms with Crippen LogP contribution in [0, 0.1) is 0 Å². The summed E-state index contributed by atoms with van der Waals surface area (Å²) in [5.41, 5.74) is 5.91. The molecule has 140 valence electrons. The summed E-state index contributed by atoms with van der Waals surface area (Å²) in [6.07, 6.45) is 1.74. The van der Waals surface area contributed by atoms with Gasteiger partial charge in [0.25, 0.3) is 0 Å². The number of benzene rings is 2. The van der Waals surface area contributed by atoms with Gasteiger partial charge in [0.15, 0.2) is 9.45 Å². The van der Waals surface area contributed by atoms with Crippen molar-refractivity contribution in [3.8, 4) is 5.75 Å². The Hall–Kier alpha value is -2.16. The summed E-state index contributed by atoms with van der Waals surface area (Å²) in [4.78, 5) is 4.68. The molecule has 0 aliphatic rings. The van der Waals surface area contributed by atoms with Crippen molar-refractivity contribution in [2.75, 3.05) is 13.7 Å². The number of thioether (sulfide) groups is 1. The second-order valence-electron chi connectivity index (χ2n) is 5.54. The SMILES string of the molecule is CCNC(=S)N/N=C/c1ccc(OC)c(CSc2nc3ccccc3s2)c1. The summed E-state index contributed by atoms with van der Waals surface area (Å²) < 4.78 is 7.76. The lowest BCUT2D eigenvalue weighted by atomic mass is 10.1. The lowest BCUT2D eigenvalue weighted by Gasteiger charge is -2.08. The zero-order valence-electron chi connectivity index (χ0n) is 15.1. The first-order chi connectivity index (χ1) is 13.2. The van der Waals surface area contributed by atoms with E-state index >= 15 is 0 Å². The third-order valence-electron chi connectivity index (χ3n) is 3.65. The van der Waals surface area contributed by atoms with Gasteiger partial charge in [0.1, 0.15) is 5.75 Å². The topological polar surface area (TPSA) is 58.5 Å². The van der Waals surface area contributed by atoms with Gasteiger partial charge in [-0.1, -0.05) is 23.9 Å². The average Bonchev–Trinajstić information content (AvgIpc) is 3.09. The number of hydrazone groups is 1. The van der Waals surface area contributed by atoms with Gasteiger partial charge in [-0.3, -0.25) is 5.43 Å². The summed E-state index contributed by atoms with van der Waals surface area (Å²) in [5, 5.41) is 7.66. The molecule has 0 fully saturated rings. The van der Waals surface area contributed by atoms with Crippen molar-refractivity contribution >= 4 is 56.9 Å². The number of methoxy groups -OCH3 is 1. The molecule has 0 spiro atoms. The lowest BCUT2D eigenvalue weighted by Crippen LogP contribution is -2.31. The summed E-state index contributed by atoms with van der Waals surface area (Å²) >= 11 is 8.51. The Morgan fingerprint density at radius 3 is 2.96 bits per heavy atom. The minimum Gasteiger partial charge on any atom is -0.496 e. The fourth-order valence-electron chi connectivity index (χ4n) is 2.41. The Bertz CT molecular complexity index is 922. The summed E-state index contributed by atoms with van der Waals surface area (Å²) in [5.74, 6) is 1.63. The van der Waals surface area contributed by atoms with Crippen LogP contribution in [0.25, 0.3) is 10.2 Å². The second kappa shape index (κ2) is 9.68. The van der Waals surface area contributed by atoms with Gasteiger partial charge < -0.3 is 10.1 Å². The number of nitrogens with zero attached hydrogens (tertiary/aromatic N) is 2. The van der Waals surface area contributed by atoms with Crippen molar-refractivity contribution in [2.45, 2.75) is 17.0 Å². The van der Waals surface area contributed by atoms with E-state index < -0.39 is 0 Å². The number of aromatic nitrogens is 1. The third kappa shape index (κ3) is 5.41. The van der Waals surface area contributed by atoms with Crippen LogP contribution in [-0.2, 0) is 5.75 Å². The highest BCUT2D eigenvalue weighted by Crippen LogP contribution is 2.33. The van der Waals surface area contributed by atoms with E-state index in [1.807, 2.05) is 37.3 Å². The number of hydrogen-bond donors (Lipinski definition) is 2. The zero-order valence-corrected chi connectivity index (χ0v) is 17.5. The Morgan fingerprint density at radius 2 is 2.19 bits per heavy atom. The highest BCUT2D eigenvalue weighted by molar-refractivity contribution is 8.00. The van der Waals surface area contributed by atoms with Crippen molar-refractivity contribution in [2.24, 2.45) is 5.10 Å². The maximum atomic E-state index is 5.50. The van der Waals surface area contributed by atoms with Gasteiger partial charge in [0, 0.05) is 17.9 Å². The van der Waals surface area contributed by atoms with Crippen LogP contribution in [-0.4, -0.2) is 30.0 Å². The molecule has 1 heterocycles. The van der Waals surface area contributed by atoms with Crippen molar-refractivity contribution < 1.29 is 4.74 Å². The number of para-hydroxylation sites is 1. The third-order valence-corrected chi connectivity index (χ3v) is 6.11. The van der Waals surface area contributed by atoms with E-state index in [4.69, 9.17) is 17.0 Å². The van der Waals surface area contributed by atoms with Gasteiger partial charge in [-0.25, -0.2) is 4.98 Å². The lowest BCUT2D eigenvalue weighted by molar-refractivity contribution is 0.411. The highest BCUT2D eigenvalue weighted by Gasteiger charge is 2.08. The number of hydrogen-bond acceptors (Lipinski definition) is 6. The molecule has 0 aliphatic carbocycles. The molecule has 0 amide bonds. The fraction of sp³-hybridized carbons (Fsp3) is 0.211. The molecule has 0 aliphatic heterocycles. The molecule has 0 saturated carbocycles. The molecule has 2 N–H and O–H groups in total. The van der Waals surface area contributed by atoms with E-state index in [-0.39, 0.29) is 0 Å². The molecule has 0 bridgehead atoms. The van der Waals surface area contributed by atoms with Crippen molar-refractivity contribution in [3.63, 3.8) is 0 Å². The quantitative estimate of drug-likeness (QED) is 0.257. The first-order valence-electron chi connectivity index (χ1n) is 8.41. The largest absolute Gasteiger partial charge is 0.496 e. The van der Waals surface area contributed by atoms with E-state index in [0.29, 0.717) is 5.11 Å². The number of rotatable bonds is 7. The number of fused-ring (bicyclic) bond motifs is 1. The molecular weight excluding hydrogens is 396 g/mol. The van der Waals surface area contributed by atoms with Crippen LogP contribution >= 0.6 is 35.3 Å². The molecule has 1 aromatic heterocycles. The van der Waals surface area contributed by atoms with E-state index in [1.165, 1.54) is 4.70 Å².